The molecule has 112 valence electrons. The highest BCUT2D eigenvalue weighted by molar-refractivity contribution is 5.95. The lowest BCUT2D eigenvalue weighted by Crippen LogP contribution is -2.27. The number of anilines is 1. The van der Waals surface area contributed by atoms with E-state index in [4.69, 9.17) is 10.5 Å². The first kappa shape index (κ1) is 16.4. The summed E-state index contributed by atoms with van der Waals surface area (Å²) in [7, 11) is 0. The fourth-order valence-electron chi connectivity index (χ4n) is 1.59. The van der Waals surface area contributed by atoms with Crippen molar-refractivity contribution in [2.75, 3.05) is 25.5 Å². The lowest BCUT2D eigenvalue weighted by atomic mass is 10.1. The summed E-state index contributed by atoms with van der Waals surface area (Å²) >= 11 is 0. The lowest BCUT2D eigenvalue weighted by molar-refractivity contribution is 0.0932. The summed E-state index contributed by atoms with van der Waals surface area (Å²) in [4.78, 5) is 11.7. The number of hydrogen-bond acceptors (Lipinski definition) is 3. The Kier molecular flexibility index (Phi) is 6.93. The normalized spacial score (nSPS) is 10.6. The van der Waals surface area contributed by atoms with Gasteiger partial charge in [-0.1, -0.05) is 13.3 Å². The van der Waals surface area contributed by atoms with Crippen LogP contribution in [-0.4, -0.2) is 25.7 Å². The summed E-state index contributed by atoms with van der Waals surface area (Å²) in [6.45, 7) is 3.54. The number of nitrogen functional groups attached to an aromatic ring is 1. The van der Waals surface area contributed by atoms with Crippen LogP contribution in [0, 0.1) is 11.6 Å². The van der Waals surface area contributed by atoms with Crippen molar-refractivity contribution in [2.24, 2.45) is 0 Å². The van der Waals surface area contributed by atoms with Crippen LogP contribution in [0.1, 0.15) is 36.5 Å². The molecule has 1 amide bonds. The number of nitrogens with one attached hydrogen (secondary N) is 1. The molecule has 6 heteroatoms. The maximum Gasteiger partial charge on any atom is 0.257 e. The summed E-state index contributed by atoms with van der Waals surface area (Å²) in [5.74, 6) is -2.75. The van der Waals surface area contributed by atoms with Crippen molar-refractivity contribution >= 4 is 11.6 Å². The molecule has 0 fully saturated rings. The minimum atomic E-state index is -1.03. The first-order valence-electron chi connectivity index (χ1n) is 6.67. The van der Waals surface area contributed by atoms with Crippen molar-refractivity contribution in [2.45, 2.75) is 26.2 Å². The van der Waals surface area contributed by atoms with Crippen molar-refractivity contribution in [3.05, 3.63) is 29.3 Å². The van der Waals surface area contributed by atoms with Gasteiger partial charge in [0.2, 0.25) is 0 Å². The molecule has 0 atom stereocenters. The van der Waals surface area contributed by atoms with Gasteiger partial charge in [-0.25, -0.2) is 8.78 Å². The first-order chi connectivity index (χ1) is 9.57. The van der Waals surface area contributed by atoms with Crippen molar-refractivity contribution in [3.63, 3.8) is 0 Å². The van der Waals surface area contributed by atoms with Crippen molar-refractivity contribution in [1.29, 1.82) is 0 Å². The standard InChI is InChI=1S/C14H20F2N2O2/c1-2-3-8-20-9-4-7-18-14(19)12-10(15)5-6-11(17)13(12)16/h5-6H,2-4,7-9,17H2,1H3,(H,18,19). The highest BCUT2D eigenvalue weighted by atomic mass is 19.1. The van der Waals surface area contributed by atoms with Crippen molar-refractivity contribution < 1.29 is 18.3 Å². The Morgan fingerprint density at radius 1 is 1.30 bits per heavy atom. The van der Waals surface area contributed by atoms with Gasteiger partial charge < -0.3 is 15.8 Å². The Balaban J connectivity index is 2.38. The Hall–Kier alpha value is -1.69. The number of halogens is 2. The quantitative estimate of drug-likeness (QED) is 0.570. The molecule has 1 rings (SSSR count). The van der Waals surface area contributed by atoms with Gasteiger partial charge in [0.1, 0.15) is 11.4 Å². The van der Waals surface area contributed by atoms with Crippen LogP contribution in [0.25, 0.3) is 0 Å². The fourth-order valence-corrected chi connectivity index (χ4v) is 1.59. The number of carbonyl (C=O) groups excluding carboxylic acids is 1. The van der Waals surface area contributed by atoms with Crippen LogP contribution in [0.4, 0.5) is 14.5 Å². The Morgan fingerprint density at radius 3 is 2.70 bits per heavy atom. The van der Waals surface area contributed by atoms with E-state index in [1.54, 1.807) is 0 Å². The maximum atomic E-state index is 13.6. The van der Waals surface area contributed by atoms with E-state index < -0.39 is 23.1 Å². The number of unbranched alkanes of at least 4 members (excludes halogenated alkanes) is 1. The van der Waals surface area contributed by atoms with Gasteiger partial charge in [-0.05, 0) is 25.0 Å². The van der Waals surface area contributed by atoms with E-state index in [-0.39, 0.29) is 5.69 Å². The molecule has 0 unspecified atom stereocenters. The molecule has 0 saturated heterocycles. The number of rotatable bonds is 8. The average molecular weight is 286 g/mol. The third-order valence-corrected chi connectivity index (χ3v) is 2.74. The van der Waals surface area contributed by atoms with Gasteiger partial charge in [-0.2, -0.15) is 0 Å². The summed E-state index contributed by atoms with van der Waals surface area (Å²) in [6.07, 6.45) is 2.64. The van der Waals surface area contributed by atoms with Crippen LogP contribution >= 0.6 is 0 Å². The largest absolute Gasteiger partial charge is 0.396 e. The molecular formula is C14H20F2N2O2. The van der Waals surface area contributed by atoms with E-state index in [2.05, 4.69) is 12.2 Å². The zero-order chi connectivity index (χ0) is 15.0. The van der Waals surface area contributed by atoms with E-state index >= 15 is 0 Å². The van der Waals surface area contributed by atoms with Gasteiger partial charge >= 0.3 is 0 Å². The van der Waals surface area contributed by atoms with Crippen LogP contribution < -0.4 is 11.1 Å². The molecule has 1 aromatic rings. The van der Waals surface area contributed by atoms with Gasteiger partial charge in [-0.3, -0.25) is 4.79 Å². The molecule has 1 aromatic carbocycles. The molecule has 0 bridgehead atoms. The summed E-state index contributed by atoms with van der Waals surface area (Å²) in [5, 5.41) is 2.44. The zero-order valence-electron chi connectivity index (χ0n) is 11.5. The van der Waals surface area contributed by atoms with Crippen LogP contribution in [-0.2, 0) is 4.74 Å². The minimum absolute atomic E-state index is 0.251. The second kappa shape index (κ2) is 8.47. The molecule has 0 spiro atoms. The Labute approximate surface area is 117 Å². The zero-order valence-corrected chi connectivity index (χ0v) is 11.5. The second-order valence-electron chi connectivity index (χ2n) is 4.40. The average Bonchev–Trinajstić information content (AvgIpc) is 2.42. The molecule has 20 heavy (non-hydrogen) atoms. The maximum absolute atomic E-state index is 13.6. The summed E-state index contributed by atoms with van der Waals surface area (Å²) in [5.41, 5.74) is 4.42. The molecular weight excluding hydrogens is 266 g/mol. The van der Waals surface area contributed by atoms with Gasteiger partial charge in [-0.15, -0.1) is 0 Å². The molecule has 3 N–H and O–H groups in total. The molecule has 0 aliphatic carbocycles. The van der Waals surface area contributed by atoms with Gasteiger partial charge in [0.25, 0.3) is 5.91 Å². The molecule has 0 radical (unpaired) electrons. The van der Waals surface area contributed by atoms with Crippen LogP contribution in [0.3, 0.4) is 0 Å². The monoisotopic (exact) mass is 286 g/mol. The second-order valence-corrected chi connectivity index (χ2v) is 4.40. The first-order valence-corrected chi connectivity index (χ1v) is 6.67. The van der Waals surface area contributed by atoms with Crippen molar-refractivity contribution in [1.82, 2.24) is 5.32 Å². The highest BCUT2D eigenvalue weighted by Crippen LogP contribution is 2.18. The number of hydrogen-bond donors (Lipinski definition) is 2. The third-order valence-electron chi connectivity index (χ3n) is 2.74. The summed E-state index contributed by atoms with van der Waals surface area (Å²) in [6, 6.07) is 2.06. The van der Waals surface area contributed by atoms with Crippen LogP contribution in [0.5, 0.6) is 0 Å². The van der Waals surface area contributed by atoms with E-state index in [1.165, 1.54) is 0 Å². The lowest BCUT2D eigenvalue weighted by Gasteiger charge is -2.08. The molecule has 4 nitrogen and oxygen atoms in total. The predicted molar refractivity (Wildman–Crippen MR) is 73.4 cm³/mol. The molecule has 0 heterocycles. The van der Waals surface area contributed by atoms with Gasteiger partial charge in [0.15, 0.2) is 5.82 Å². The fraction of sp³-hybridized carbons (Fsp3) is 0.500. The highest BCUT2D eigenvalue weighted by Gasteiger charge is 2.18. The number of ether oxygens (including phenoxy) is 1. The third kappa shape index (κ3) is 4.77. The summed E-state index contributed by atoms with van der Waals surface area (Å²) < 4.78 is 32.3. The Bertz CT molecular complexity index is 453. The van der Waals surface area contributed by atoms with Gasteiger partial charge in [0.05, 0.1) is 5.69 Å². The molecule has 0 saturated carbocycles. The smallest absolute Gasteiger partial charge is 0.257 e. The van der Waals surface area contributed by atoms with Crippen molar-refractivity contribution in [3.8, 4) is 0 Å². The Morgan fingerprint density at radius 2 is 2.00 bits per heavy atom. The predicted octanol–water partition coefficient (Wildman–Crippen LogP) is 2.48. The number of benzene rings is 1. The molecule has 0 aliphatic heterocycles. The number of carbonyl (C=O) groups is 1. The van der Waals surface area contributed by atoms with E-state index in [0.29, 0.717) is 26.2 Å². The number of nitrogens with two attached hydrogens (primary N) is 1. The molecule has 0 aromatic heterocycles. The van der Waals surface area contributed by atoms with Crippen LogP contribution in [0.2, 0.25) is 0 Å². The van der Waals surface area contributed by atoms with E-state index in [1.807, 2.05) is 0 Å². The minimum Gasteiger partial charge on any atom is -0.396 e. The van der Waals surface area contributed by atoms with E-state index in [9.17, 15) is 13.6 Å². The number of amides is 1. The van der Waals surface area contributed by atoms with Gasteiger partial charge in [0, 0.05) is 19.8 Å². The van der Waals surface area contributed by atoms with Crippen LogP contribution in [0.15, 0.2) is 12.1 Å². The SMILES string of the molecule is CCCCOCCCNC(=O)c1c(F)ccc(N)c1F. The van der Waals surface area contributed by atoms with E-state index in [0.717, 1.165) is 25.0 Å². The topological polar surface area (TPSA) is 64.3 Å². The molecule has 0 aliphatic rings.